The highest BCUT2D eigenvalue weighted by atomic mass is 16.7. The van der Waals surface area contributed by atoms with Gasteiger partial charge in [0.1, 0.15) is 12.1 Å². The molecule has 0 aromatic heterocycles. The molecule has 0 saturated carbocycles. The number of nitrogens with one attached hydrogen (secondary N) is 1. The fourth-order valence-corrected chi connectivity index (χ4v) is 3.41. The molecular weight excluding hydrogens is 362 g/mol. The fraction of sp³-hybridized carbons (Fsp3) is 0.450. The minimum absolute atomic E-state index is 0.166. The molecule has 1 saturated heterocycles. The molecule has 1 atom stereocenters. The molecule has 28 heavy (non-hydrogen) atoms. The second-order valence-corrected chi connectivity index (χ2v) is 7.38. The van der Waals surface area contributed by atoms with E-state index in [1.54, 1.807) is 24.0 Å². The van der Waals surface area contributed by atoms with Crippen molar-refractivity contribution in [2.45, 2.75) is 32.7 Å². The van der Waals surface area contributed by atoms with E-state index in [0.29, 0.717) is 24.6 Å². The van der Waals surface area contributed by atoms with E-state index in [1.807, 2.05) is 19.9 Å². The van der Waals surface area contributed by atoms with Crippen molar-refractivity contribution in [2.24, 2.45) is 0 Å². The molecule has 3 rings (SSSR count). The Balaban J connectivity index is 1.71. The lowest BCUT2D eigenvalue weighted by Gasteiger charge is -2.24. The molecule has 4 amide bonds. The lowest BCUT2D eigenvalue weighted by atomic mass is 9.92. The van der Waals surface area contributed by atoms with Gasteiger partial charge in [0.15, 0.2) is 11.5 Å². The number of fused-ring (bicyclic) bond motifs is 1. The van der Waals surface area contributed by atoms with E-state index in [4.69, 9.17) is 9.47 Å². The Morgan fingerprint density at radius 2 is 2.04 bits per heavy atom. The summed E-state index contributed by atoms with van der Waals surface area (Å²) in [5.74, 6) is 0.555. The third kappa shape index (κ3) is 3.81. The van der Waals surface area contributed by atoms with Gasteiger partial charge in [0.05, 0.1) is 0 Å². The summed E-state index contributed by atoms with van der Waals surface area (Å²) >= 11 is 0. The first kappa shape index (κ1) is 19.7. The summed E-state index contributed by atoms with van der Waals surface area (Å²) in [6, 6.07) is 4.85. The Labute approximate surface area is 164 Å². The number of likely N-dealkylation sites (N-methyl/N-ethyl adjacent to an activating group) is 1. The Hall–Kier alpha value is -3.03. The number of urea groups is 1. The van der Waals surface area contributed by atoms with Crippen LogP contribution in [0.25, 0.3) is 0 Å². The van der Waals surface area contributed by atoms with Gasteiger partial charge in [0.25, 0.3) is 5.91 Å². The Morgan fingerprint density at radius 1 is 1.32 bits per heavy atom. The van der Waals surface area contributed by atoms with Crippen molar-refractivity contribution in [3.8, 4) is 11.5 Å². The van der Waals surface area contributed by atoms with Gasteiger partial charge in [0.2, 0.25) is 12.7 Å². The van der Waals surface area contributed by atoms with Gasteiger partial charge in [-0.2, -0.15) is 0 Å². The van der Waals surface area contributed by atoms with Crippen molar-refractivity contribution >= 4 is 17.8 Å². The monoisotopic (exact) mass is 387 g/mol. The van der Waals surface area contributed by atoms with Gasteiger partial charge in [0, 0.05) is 19.5 Å². The van der Waals surface area contributed by atoms with E-state index in [1.165, 1.54) is 0 Å². The van der Waals surface area contributed by atoms with Crippen LogP contribution in [0.2, 0.25) is 0 Å². The summed E-state index contributed by atoms with van der Waals surface area (Å²) in [6.45, 7) is 9.89. The summed E-state index contributed by atoms with van der Waals surface area (Å²) in [4.78, 5) is 40.4. The molecule has 1 aromatic carbocycles. The van der Waals surface area contributed by atoms with Crippen molar-refractivity contribution in [1.82, 2.24) is 15.1 Å². The van der Waals surface area contributed by atoms with Crippen molar-refractivity contribution in [1.29, 1.82) is 0 Å². The fourth-order valence-electron chi connectivity index (χ4n) is 3.41. The quantitative estimate of drug-likeness (QED) is 0.568. The highest BCUT2D eigenvalue weighted by molar-refractivity contribution is 6.09. The van der Waals surface area contributed by atoms with Crippen LogP contribution in [0.15, 0.2) is 30.4 Å². The summed E-state index contributed by atoms with van der Waals surface area (Å²) in [5.41, 5.74) is 0.530. The third-order valence-corrected chi connectivity index (χ3v) is 4.83. The van der Waals surface area contributed by atoms with Crippen LogP contribution in [0.3, 0.4) is 0 Å². The zero-order valence-electron chi connectivity index (χ0n) is 16.4. The molecule has 1 fully saturated rings. The maximum absolute atomic E-state index is 12.9. The predicted molar refractivity (Wildman–Crippen MR) is 102 cm³/mol. The van der Waals surface area contributed by atoms with E-state index in [2.05, 4.69) is 11.9 Å². The van der Waals surface area contributed by atoms with E-state index < -0.39 is 17.5 Å². The Kier molecular flexibility index (Phi) is 5.31. The lowest BCUT2D eigenvalue weighted by Crippen LogP contribution is -2.47. The molecule has 8 heteroatoms. The van der Waals surface area contributed by atoms with Crippen LogP contribution in [-0.2, 0) is 16.0 Å². The second-order valence-electron chi connectivity index (χ2n) is 7.38. The molecular formula is C20H25N3O5. The largest absolute Gasteiger partial charge is 0.454 e. The first-order valence-electron chi connectivity index (χ1n) is 9.18. The molecule has 0 bridgehead atoms. The summed E-state index contributed by atoms with van der Waals surface area (Å²) in [5, 5.41) is 2.73. The van der Waals surface area contributed by atoms with Gasteiger partial charge in [-0.15, -0.1) is 0 Å². The minimum Gasteiger partial charge on any atom is -0.454 e. The second kappa shape index (κ2) is 7.53. The molecule has 8 nitrogen and oxygen atoms in total. The number of amides is 4. The predicted octanol–water partition coefficient (Wildman–Crippen LogP) is 1.69. The normalized spacial score (nSPS) is 20.3. The average Bonchev–Trinajstić information content (AvgIpc) is 3.17. The zero-order valence-corrected chi connectivity index (χ0v) is 16.4. The maximum atomic E-state index is 12.9. The lowest BCUT2D eigenvalue weighted by molar-refractivity contribution is -0.138. The van der Waals surface area contributed by atoms with Crippen LogP contribution in [0.4, 0.5) is 4.79 Å². The first-order valence-corrected chi connectivity index (χ1v) is 9.18. The van der Waals surface area contributed by atoms with Gasteiger partial charge in [-0.25, -0.2) is 4.79 Å². The standard InChI is InChI=1S/C20H25N3O5/c1-5-22(10-13(2)3)17(24)11-23-18(25)20(4,21-19(23)26)9-14-6-7-15-16(8-14)28-12-27-15/h6-8H,2,5,9-12H2,1,3-4H3,(H,21,26)/t20-/m1/s1. The molecule has 0 unspecified atom stereocenters. The smallest absolute Gasteiger partial charge is 0.325 e. The molecule has 1 aromatic rings. The van der Waals surface area contributed by atoms with Crippen molar-refractivity contribution in [3.63, 3.8) is 0 Å². The molecule has 150 valence electrons. The number of nitrogens with zero attached hydrogens (tertiary/aromatic N) is 2. The number of hydrogen-bond donors (Lipinski definition) is 1. The topological polar surface area (TPSA) is 88.2 Å². The molecule has 2 aliphatic rings. The van der Waals surface area contributed by atoms with E-state index in [0.717, 1.165) is 16.0 Å². The van der Waals surface area contributed by atoms with Crippen molar-refractivity contribution in [2.75, 3.05) is 26.4 Å². The summed E-state index contributed by atoms with van der Waals surface area (Å²) in [6.07, 6.45) is 0.280. The number of imide groups is 1. The molecule has 0 aliphatic carbocycles. The molecule has 0 spiro atoms. The van der Waals surface area contributed by atoms with Crippen LogP contribution in [0, 0.1) is 0 Å². The number of benzene rings is 1. The first-order chi connectivity index (χ1) is 13.2. The maximum Gasteiger partial charge on any atom is 0.325 e. The number of carbonyl (C=O) groups is 3. The van der Waals surface area contributed by atoms with Gasteiger partial charge < -0.3 is 19.7 Å². The Bertz CT molecular complexity index is 837. The van der Waals surface area contributed by atoms with E-state index in [-0.39, 0.29) is 25.7 Å². The van der Waals surface area contributed by atoms with Crippen molar-refractivity contribution in [3.05, 3.63) is 35.9 Å². The molecule has 2 aliphatic heterocycles. The van der Waals surface area contributed by atoms with Crippen molar-refractivity contribution < 1.29 is 23.9 Å². The zero-order chi connectivity index (χ0) is 20.5. The summed E-state index contributed by atoms with van der Waals surface area (Å²) in [7, 11) is 0. The highest BCUT2D eigenvalue weighted by Crippen LogP contribution is 2.34. The number of ether oxygens (including phenoxy) is 2. The Morgan fingerprint density at radius 3 is 2.71 bits per heavy atom. The van der Waals surface area contributed by atoms with E-state index in [9.17, 15) is 14.4 Å². The van der Waals surface area contributed by atoms with Crippen LogP contribution >= 0.6 is 0 Å². The van der Waals surface area contributed by atoms with Gasteiger partial charge in [-0.05, 0) is 38.5 Å². The molecule has 1 N–H and O–H groups in total. The average molecular weight is 387 g/mol. The van der Waals surface area contributed by atoms with Gasteiger partial charge in [-0.3, -0.25) is 14.5 Å². The van der Waals surface area contributed by atoms with Gasteiger partial charge in [-0.1, -0.05) is 18.2 Å². The highest BCUT2D eigenvalue weighted by Gasteiger charge is 2.48. The summed E-state index contributed by atoms with van der Waals surface area (Å²) < 4.78 is 10.7. The third-order valence-electron chi connectivity index (χ3n) is 4.83. The van der Waals surface area contributed by atoms with Crippen LogP contribution in [-0.4, -0.2) is 59.6 Å². The number of hydrogen-bond acceptors (Lipinski definition) is 5. The van der Waals surface area contributed by atoms with Crippen LogP contribution < -0.4 is 14.8 Å². The number of rotatable bonds is 7. The SMILES string of the molecule is C=C(C)CN(CC)C(=O)CN1C(=O)N[C@](C)(Cc2ccc3c(c2)OCO3)C1=O. The molecule has 2 heterocycles. The van der Waals surface area contributed by atoms with Gasteiger partial charge >= 0.3 is 6.03 Å². The van der Waals surface area contributed by atoms with Crippen LogP contribution in [0.5, 0.6) is 11.5 Å². The molecule has 0 radical (unpaired) electrons. The minimum atomic E-state index is -1.13. The number of carbonyl (C=O) groups excluding carboxylic acids is 3. The van der Waals surface area contributed by atoms with E-state index >= 15 is 0 Å². The van der Waals surface area contributed by atoms with Crippen LogP contribution in [0.1, 0.15) is 26.3 Å².